The van der Waals surface area contributed by atoms with Crippen LogP contribution in [0.2, 0.25) is 0 Å². The normalized spacial score (nSPS) is 22.8. The van der Waals surface area contributed by atoms with Crippen LogP contribution >= 0.6 is 0 Å². The molecule has 2 rings (SSSR count). The van der Waals surface area contributed by atoms with Gasteiger partial charge in [-0.3, -0.25) is 4.79 Å². The number of piperidine rings is 1. The summed E-state index contributed by atoms with van der Waals surface area (Å²) < 4.78 is 32.4. The average molecular weight is 341 g/mol. The van der Waals surface area contributed by atoms with E-state index in [9.17, 15) is 18.3 Å². The molecule has 0 aromatic heterocycles. The number of carboxylic acids is 1. The van der Waals surface area contributed by atoms with Crippen LogP contribution < -0.4 is 4.74 Å². The highest BCUT2D eigenvalue weighted by Crippen LogP contribution is 2.31. The number of nitrogens with zero attached hydrogens (tertiary/aromatic N) is 1. The quantitative estimate of drug-likeness (QED) is 0.906. The Morgan fingerprint density at radius 2 is 1.83 bits per heavy atom. The summed E-state index contributed by atoms with van der Waals surface area (Å²) >= 11 is 0. The molecular formula is C16H23NO5S. The van der Waals surface area contributed by atoms with E-state index in [4.69, 9.17) is 4.74 Å². The number of hydrogen-bond acceptors (Lipinski definition) is 4. The van der Waals surface area contributed by atoms with Gasteiger partial charge < -0.3 is 9.84 Å². The van der Waals surface area contributed by atoms with Crippen molar-refractivity contribution in [3.05, 3.63) is 23.3 Å². The Labute approximate surface area is 137 Å². The molecule has 128 valence electrons. The van der Waals surface area contributed by atoms with Crippen molar-refractivity contribution in [1.29, 1.82) is 0 Å². The summed E-state index contributed by atoms with van der Waals surface area (Å²) in [5.41, 5.74) is 1.48. The van der Waals surface area contributed by atoms with Gasteiger partial charge in [0, 0.05) is 13.1 Å². The van der Waals surface area contributed by atoms with Gasteiger partial charge in [-0.25, -0.2) is 8.42 Å². The molecule has 0 spiro atoms. The number of sulfonamides is 1. The zero-order valence-corrected chi connectivity index (χ0v) is 14.7. The van der Waals surface area contributed by atoms with E-state index in [-0.39, 0.29) is 17.4 Å². The summed E-state index contributed by atoms with van der Waals surface area (Å²) in [6, 6.07) is 3.16. The van der Waals surface area contributed by atoms with Gasteiger partial charge in [0.2, 0.25) is 10.0 Å². The van der Waals surface area contributed by atoms with Crippen molar-refractivity contribution in [3.8, 4) is 5.75 Å². The first kappa shape index (κ1) is 17.7. The molecule has 1 aromatic carbocycles. The van der Waals surface area contributed by atoms with Crippen molar-refractivity contribution in [3.63, 3.8) is 0 Å². The van der Waals surface area contributed by atoms with Crippen molar-refractivity contribution in [2.45, 2.75) is 32.1 Å². The molecule has 2 atom stereocenters. The van der Waals surface area contributed by atoms with Gasteiger partial charge in [-0.05, 0) is 49.4 Å². The third kappa shape index (κ3) is 3.50. The predicted octanol–water partition coefficient (Wildman–Crippen LogP) is 2.04. The molecule has 1 N–H and O–H groups in total. The molecule has 0 bridgehead atoms. The lowest BCUT2D eigenvalue weighted by molar-refractivity contribution is -0.143. The molecule has 1 aliphatic rings. The largest absolute Gasteiger partial charge is 0.496 e. The van der Waals surface area contributed by atoms with Crippen LogP contribution in [-0.2, 0) is 14.8 Å². The molecule has 0 aliphatic carbocycles. The van der Waals surface area contributed by atoms with Gasteiger partial charge in [-0.1, -0.05) is 6.92 Å². The highest BCUT2D eigenvalue weighted by Gasteiger charge is 2.36. The second-order valence-corrected chi connectivity index (χ2v) is 8.23. The predicted molar refractivity (Wildman–Crippen MR) is 86.1 cm³/mol. The zero-order valence-electron chi connectivity index (χ0n) is 13.9. The summed E-state index contributed by atoms with van der Waals surface area (Å²) in [6.07, 6.45) is 0.502. The van der Waals surface area contributed by atoms with E-state index >= 15 is 0 Å². The maximum absolute atomic E-state index is 12.9. The van der Waals surface area contributed by atoms with Crippen molar-refractivity contribution < 1.29 is 23.1 Å². The number of hydrogen-bond donors (Lipinski definition) is 1. The number of aryl methyl sites for hydroxylation is 2. The Hall–Kier alpha value is -1.60. The zero-order chi connectivity index (χ0) is 17.4. The molecule has 0 radical (unpaired) electrons. The van der Waals surface area contributed by atoms with E-state index in [2.05, 4.69) is 0 Å². The fraction of sp³-hybridized carbons (Fsp3) is 0.562. The molecule has 1 aromatic rings. The molecule has 1 fully saturated rings. The van der Waals surface area contributed by atoms with Gasteiger partial charge in [0.1, 0.15) is 5.75 Å². The smallest absolute Gasteiger partial charge is 0.307 e. The number of carbonyl (C=O) groups is 1. The fourth-order valence-electron chi connectivity index (χ4n) is 3.21. The second-order valence-electron chi connectivity index (χ2n) is 6.29. The summed E-state index contributed by atoms with van der Waals surface area (Å²) in [5.74, 6) is -0.924. The standard InChI is InChI=1S/C16H23NO5S/c1-10-5-13(16(18)19)9-17(8-10)23(20,21)14-6-11(2)15(22-4)12(3)7-14/h6-7,10,13H,5,8-9H2,1-4H3,(H,18,19). The number of carboxylic acid groups (broad SMARTS) is 1. The minimum Gasteiger partial charge on any atom is -0.496 e. The number of rotatable bonds is 4. The molecule has 2 unspecified atom stereocenters. The maximum atomic E-state index is 12.9. The average Bonchev–Trinajstić information content (AvgIpc) is 2.46. The van der Waals surface area contributed by atoms with Gasteiger partial charge in [-0.15, -0.1) is 0 Å². The molecule has 1 saturated heterocycles. The number of methoxy groups -OCH3 is 1. The SMILES string of the molecule is COc1c(C)cc(S(=O)(=O)N2CC(C)CC(C(=O)O)C2)cc1C. The molecule has 7 heteroatoms. The van der Waals surface area contributed by atoms with Crippen molar-refractivity contribution >= 4 is 16.0 Å². The lowest BCUT2D eigenvalue weighted by atomic mass is 9.92. The Bertz CT molecular complexity index is 690. The number of benzene rings is 1. The topological polar surface area (TPSA) is 83.9 Å². The maximum Gasteiger partial charge on any atom is 0.307 e. The molecule has 1 aliphatic heterocycles. The van der Waals surface area contributed by atoms with Crippen LogP contribution in [0.3, 0.4) is 0 Å². The van der Waals surface area contributed by atoms with E-state index in [1.54, 1.807) is 33.1 Å². The van der Waals surface area contributed by atoms with Crippen LogP contribution in [0.4, 0.5) is 0 Å². The number of ether oxygens (including phenoxy) is 1. The minimum atomic E-state index is -3.72. The Morgan fingerprint density at radius 3 is 2.30 bits per heavy atom. The molecule has 0 saturated carbocycles. The van der Waals surface area contributed by atoms with Crippen molar-refractivity contribution in [2.75, 3.05) is 20.2 Å². The Morgan fingerprint density at radius 1 is 1.26 bits per heavy atom. The third-order valence-corrected chi connectivity index (χ3v) is 6.06. The lowest BCUT2D eigenvalue weighted by Crippen LogP contribution is -2.45. The van der Waals surface area contributed by atoms with Crippen molar-refractivity contribution in [2.24, 2.45) is 11.8 Å². The highest BCUT2D eigenvalue weighted by atomic mass is 32.2. The van der Waals surface area contributed by atoms with Gasteiger partial charge in [0.15, 0.2) is 0 Å². The summed E-state index contributed by atoms with van der Waals surface area (Å²) in [4.78, 5) is 11.4. The van der Waals surface area contributed by atoms with Gasteiger partial charge in [0.05, 0.1) is 17.9 Å². The van der Waals surface area contributed by atoms with Crippen LogP contribution in [0.25, 0.3) is 0 Å². The van der Waals surface area contributed by atoms with Crippen LogP contribution in [0.1, 0.15) is 24.5 Å². The fourth-order valence-corrected chi connectivity index (χ4v) is 4.98. The van der Waals surface area contributed by atoms with Gasteiger partial charge in [0.25, 0.3) is 0 Å². The van der Waals surface area contributed by atoms with E-state index < -0.39 is 21.9 Å². The second kappa shape index (κ2) is 6.49. The first-order valence-electron chi connectivity index (χ1n) is 7.55. The van der Waals surface area contributed by atoms with Gasteiger partial charge in [-0.2, -0.15) is 4.31 Å². The first-order chi connectivity index (χ1) is 10.7. The molecule has 0 amide bonds. The van der Waals surface area contributed by atoms with Crippen LogP contribution in [0.15, 0.2) is 17.0 Å². The monoisotopic (exact) mass is 341 g/mol. The third-order valence-electron chi connectivity index (χ3n) is 4.25. The van der Waals surface area contributed by atoms with Crippen LogP contribution in [-0.4, -0.2) is 44.0 Å². The lowest BCUT2D eigenvalue weighted by Gasteiger charge is -2.33. The first-order valence-corrected chi connectivity index (χ1v) is 8.99. The van der Waals surface area contributed by atoms with Crippen molar-refractivity contribution in [1.82, 2.24) is 4.31 Å². The Balaban J connectivity index is 2.40. The number of aliphatic carboxylic acids is 1. The summed E-state index contributed by atoms with van der Waals surface area (Å²) in [5, 5.41) is 9.23. The summed E-state index contributed by atoms with van der Waals surface area (Å²) in [7, 11) is -2.17. The van der Waals surface area contributed by atoms with E-state index in [0.717, 1.165) is 11.1 Å². The molecule has 23 heavy (non-hydrogen) atoms. The Kier molecular flexibility index (Phi) is 5.01. The molecule has 6 nitrogen and oxygen atoms in total. The highest BCUT2D eigenvalue weighted by molar-refractivity contribution is 7.89. The van der Waals surface area contributed by atoms with E-state index in [0.29, 0.717) is 18.7 Å². The van der Waals surface area contributed by atoms with Gasteiger partial charge >= 0.3 is 5.97 Å². The van der Waals surface area contributed by atoms with E-state index in [1.165, 1.54) is 4.31 Å². The minimum absolute atomic E-state index is 0.0140. The summed E-state index contributed by atoms with van der Waals surface area (Å²) in [6.45, 7) is 5.83. The van der Waals surface area contributed by atoms with Crippen LogP contribution in [0, 0.1) is 25.7 Å². The molecule has 1 heterocycles. The molecular weight excluding hydrogens is 318 g/mol. The van der Waals surface area contributed by atoms with E-state index in [1.807, 2.05) is 6.92 Å². The van der Waals surface area contributed by atoms with Crippen LogP contribution in [0.5, 0.6) is 5.75 Å².